The fourth-order valence-corrected chi connectivity index (χ4v) is 1.88. The van der Waals surface area contributed by atoms with Crippen molar-refractivity contribution in [1.29, 1.82) is 0 Å². The lowest BCUT2D eigenvalue weighted by Gasteiger charge is -2.06. The normalized spacial score (nSPS) is 10.6. The molecular weight excluding hydrogens is 273 g/mol. The number of aryl methyl sites for hydroxylation is 1. The van der Waals surface area contributed by atoms with Crippen molar-refractivity contribution >= 4 is 28.8 Å². The van der Waals surface area contributed by atoms with E-state index >= 15 is 0 Å². The summed E-state index contributed by atoms with van der Waals surface area (Å²) in [6.45, 7) is 2.08. The predicted octanol–water partition coefficient (Wildman–Crippen LogP) is 2.67. The molecule has 3 nitrogen and oxygen atoms in total. The molecule has 1 aromatic heterocycles. The minimum Gasteiger partial charge on any atom is -0.389 e. The highest BCUT2D eigenvalue weighted by molar-refractivity contribution is 7.80. The summed E-state index contributed by atoms with van der Waals surface area (Å²) < 4.78 is 15.3. The smallest absolute Gasteiger partial charge is 0.128 e. The zero-order chi connectivity index (χ0) is 13.3. The molecule has 0 radical (unpaired) electrons. The molecule has 0 fully saturated rings. The second-order valence-electron chi connectivity index (χ2n) is 3.93. The van der Waals surface area contributed by atoms with E-state index in [4.69, 9.17) is 29.6 Å². The van der Waals surface area contributed by atoms with Crippen LogP contribution in [-0.2, 0) is 6.54 Å². The number of hydrogen-bond donors (Lipinski definition) is 1. The number of nitrogens with two attached hydrogens (primary N) is 1. The molecule has 0 aliphatic carbocycles. The fourth-order valence-electron chi connectivity index (χ4n) is 1.60. The average Bonchev–Trinajstić information content (AvgIpc) is 2.61. The van der Waals surface area contributed by atoms with Gasteiger partial charge in [0, 0.05) is 17.3 Å². The van der Waals surface area contributed by atoms with Gasteiger partial charge in [0.05, 0.1) is 17.3 Å². The van der Waals surface area contributed by atoms with Crippen molar-refractivity contribution in [3.05, 3.63) is 52.1 Å². The molecule has 0 bridgehead atoms. The van der Waals surface area contributed by atoms with Gasteiger partial charge in [0.15, 0.2) is 0 Å². The highest BCUT2D eigenvalue weighted by Gasteiger charge is 2.08. The highest BCUT2D eigenvalue weighted by Crippen LogP contribution is 2.16. The SMILES string of the molecule is Cc1nn(Cc2cc(C(N)=S)ccc2F)cc1Cl. The Hall–Kier alpha value is -1.46. The Morgan fingerprint density at radius 1 is 1.56 bits per heavy atom. The van der Waals surface area contributed by atoms with Crippen LogP contribution in [0.15, 0.2) is 24.4 Å². The third-order valence-electron chi connectivity index (χ3n) is 2.55. The van der Waals surface area contributed by atoms with E-state index in [1.807, 2.05) is 0 Å². The Bertz CT molecular complexity index is 590. The number of thiocarbonyl (C=S) groups is 1. The van der Waals surface area contributed by atoms with Crippen molar-refractivity contribution in [3.63, 3.8) is 0 Å². The minimum atomic E-state index is -0.320. The lowest BCUT2D eigenvalue weighted by molar-refractivity contribution is 0.584. The number of nitrogens with zero attached hydrogens (tertiary/aromatic N) is 2. The first-order chi connectivity index (χ1) is 8.47. The summed E-state index contributed by atoms with van der Waals surface area (Å²) in [4.78, 5) is 0.242. The second kappa shape index (κ2) is 5.04. The first-order valence-corrected chi connectivity index (χ1v) is 6.04. The predicted molar refractivity (Wildman–Crippen MR) is 73.4 cm³/mol. The monoisotopic (exact) mass is 283 g/mol. The molecule has 2 rings (SSSR count). The fraction of sp³-hybridized carbons (Fsp3) is 0.167. The van der Waals surface area contributed by atoms with E-state index in [9.17, 15) is 4.39 Å². The third kappa shape index (κ3) is 2.68. The van der Waals surface area contributed by atoms with E-state index in [1.165, 1.54) is 6.07 Å². The van der Waals surface area contributed by atoms with E-state index < -0.39 is 0 Å². The van der Waals surface area contributed by atoms with Crippen molar-refractivity contribution in [1.82, 2.24) is 9.78 Å². The van der Waals surface area contributed by atoms with Crippen LogP contribution >= 0.6 is 23.8 Å². The molecule has 0 saturated carbocycles. The molecule has 6 heteroatoms. The summed E-state index contributed by atoms with van der Waals surface area (Å²) >= 11 is 10.8. The highest BCUT2D eigenvalue weighted by atomic mass is 35.5. The number of benzene rings is 1. The van der Waals surface area contributed by atoms with Crippen LogP contribution in [0.2, 0.25) is 5.02 Å². The molecule has 1 aromatic carbocycles. The lowest BCUT2D eigenvalue weighted by atomic mass is 10.1. The van der Waals surface area contributed by atoms with Crippen LogP contribution in [0.3, 0.4) is 0 Å². The van der Waals surface area contributed by atoms with Crippen LogP contribution in [-0.4, -0.2) is 14.8 Å². The van der Waals surface area contributed by atoms with Crippen LogP contribution < -0.4 is 5.73 Å². The molecule has 0 amide bonds. The van der Waals surface area contributed by atoms with E-state index in [2.05, 4.69) is 5.10 Å². The van der Waals surface area contributed by atoms with Crippen molar-refractivity contribution in [2.45, 2.75) is 13.5 Å². The molecule has 0 atom stereocenters. The van der Waals surface area contributed by atoms with Gasteiger partial charge in [-0.1, -0.05) is 23.8 Å². The van der Waals surface area contributed by atoms with Gasteiger partial charge in [-0.05, 0) is 25.1 Å². The largest absolute Gasteiger partial charge is 0.389 e. The molecular formula is C12H11ClFN3S. The van der Waals surface area contributed by atoms with Gasteiger partial charge < -0.3 is 5.73 Å². The van der Waals surface area contributed by atoms with Gasteiger partial charge in [0.1, 0.15) is 10.8 Å². The van der Waals surface area contributed by atoms with Crippen LogP contribution in [0.4, 0.5) is 4.39 Å². The minimum absolute atomic E-state index is 0.242. The number of halogens is 2. The quantitative estimate of drug-likeness (QED) is 0.881. The lowest BCUT2D eigenvalue weighted by Crippen LogP contribution is -2.11. The Balaban J connectivity index is 2.33. The zero-order valence-electron chi connectivity index (χ0n) is 9.65. The molecule has 94 valence electrons. The molecule has 0 spiro atoms. The summed E-state index contributed by atoms with van der Waals surface area (Å²) in [5.41, 5.74) is 7.34. The number of rotatable bonds is 3. The van der Waals surface area contributed by atoms with Gasteiger partial charge in [-0.3, -0.25) is 4.68 Å². The van der Waals surface area contributed by atoms with E-state index in [-0.39, 0.29) is 17.4 Å². The molecule has 0 saturated heterocycles. The van der Waals surface area contributed by atoms with Gasteiger partial charge in [0.2, 0.25) is 0 Å². The Morgan fingerprint density at radius 2 is 2.28 bits per heavy atom. The molecule has 0 unspecified atom stereocenters. The maximum atomic E-state index is 13.7. The average molecular weight is 284 g/mol. The van der Waals surface area contributed by atoms with Crippen molar-refractivity contribution in [3.8, 4) is 0 Å². The van der Waals surface area contributed by atoms with Crippen LogP contribution in [0.25, 0.3) is 0 Å². The summed E-state index contributed by atoms with van der Waals surface area (Å²) in [6, 6.07) is 4.53. The Labute approximate surface area is 114 Å². The summed E-state index contributed by atoms with van der Waals surface area (Å²) in [5.74, 6) is -0.320. The van der Waals surface area contributed by atoms with Crippen LogP contribution in [0, 0.1) is 12.7 Å². The van der Waals surface area contributed by atoms with E-state index in [0.717, 1.165) is 0 Å². The van der Waals surface area contributed by atoms with Gasteiger partial charge in [0.25, 0.3) is 0 Å². The van der Waals surface area contributed by atoms with Gasteiger partial charge in [-0.2, -0.15) is 5.10 Å². The first-order valence-electron chi connectivity index (χ1n) is 5.25. The number of aromatic nitrogens is 2. The van der Waals surface area contributed by atoms with Crippen molar-refractivity contribution < 1.29 is 4.39 Å². The standard InChI is InChI=1S/C12H11ClFN3S/c1-7-10(13)6-17(16-7)5-9-4-8(12(15)18)2-3-11(9)14/h2-4,6H,5H2,1H3,(H2,15,18). The molecule has 0 aliphatic heterocycles. The first kappa shape index (κ1) is 13.0. The molecule has 2 aromatic rings. The van der Waals surface area contributed by atoms with Crippen molar-refractivity contribution in [2.24, 2.45) is 5.73 Å². The van der Waals surface area contributed by atoms with Gasteiger partial charge in [-0.15, -0.1) is 0 Å². The van der Waals surface area contributed by atoms with Crippen LogP contribution in [0.1, 0.15) is 16.8 Å². The Kier molecular flexibility index (Phi) is 3.63. The van der Waals surface area contributed by atoms with Gasteiger partial charge >= 0.3 is 0 Å². The molecule has 0 aliphatic rings. The molecule has 2 N–H and O–H groups in total. The maximum absolute atomic E-state index is 13.7. The van der Waals surface area contributed by atoms with Crippen LogP contribution in [0.5, 0.6) is 0 Å². The Morgan fingerprint density at radius 3 is 2.83 bits per heavy atom. The third-order valence-corrected chi connectivity index (χ3v) is 3.16. The zero-order valence-corrected chi connectivity index (χ0v) is 11.2. The maximum Gasteiger partial charge on any atom is 0.128 e. The van der Waals surface area contributed by atoms with E-state index in [1.54, 1.807) is 29.9 Å². The second-order valence-corrected chi connectivity index (χ2v) is 4.78. The summed E-state index contributed by atoms with van der Waals surface area (Å²) in [7, 11) is 0. The molecule has 1 heterocycles. The topological polar surface area (TPSA) is 43.8 Å². The molecule has 18 heavy (non-hydrogen) atoms. The number of hydrogen-bond acceptors (Lipinski definition) is 2. The van der Waals surface area contributed by atoms with E-state index in [0.29, 0.717) is 21.8 Å². The van der Waals surface area contributed by atoms with Gasteiger partial charge in [-0.25, -0.2) is 4.39 Å². The van der Waals surface area contributed by atoms with Crippen molar-refractivity contribution in [2.75, 3.05) is 0 Å². The summed E-state index contributed by atoms with van der Waals surface area (Å²) in [6.07, 6.45) is 1.66. The summed E-state index contributed by atoms with van der Waals surface area (Å²) in [5, 5.41) is 4.73.